The van der Waals surface area contributed by atoms with Crippen LogP contribution < -0.4 is 5.32 Å². The Morgan fingerprint density at radius 1 is 1.19 bits per heavy atom. The molecule has 1 amide bonds. The van der Waals surface area contributed by atoms with Crippen molar-refractivity contribution < 1.29 is 14.7 Å². The first-order chi connectivity index (χ1) is 10.1. The summed E-state index contributed by atoms with van der Waals surface area (Å²) >= 11 is 0. The molecule has 0 radical (unpaired) electrons. The molecule has 0 aromatic heterocycles. The predicted octanol–water partition coefficient (Wildman–Crippen LogP) is 2.62. The zero-order valence-electron chi connectivity index (χ0n) is 12.4. The van der Waals surface area contributed by atoms with Crippen molar-refractivity contribution in [2.45, 2.75) is 45.1 Å². The molecule has 2 N–H and O–H groups in total. The van der Waals surface area contributed by atoms with E-state index in [-0.39, 0.29) is 17.9 Å². The maximum atomic E-state index is 12.3. The molecule has 1 aromatic carbocycles. The Morgan fingerprint density at radius 2 is 1.81 bits per heavy atom. The number of carboxylic acids is 1. The second-order valence-electron chi connectivity index (χ2n) is 5.94. The van der Waals surface area contributed by atoms with Gasteiger partial charge in [-0.15, -0.1) is 0 Å². The first-order valence-electron chi connectivity index (χ1n) is 7.65. The fourth-order valence-corrected chi connectivity index (χ4v) is 3.11. The van der Waals surface area contributed by atoms with E-state index < -0.39 is 11.9 Å². The highest BCUT2D eigenvalue weighted by Gasteiger charge is 2.35. The van der Waals surface area contributed by atoms with Gasteiger partial charge in [-0.2, -0.15) is 0 Å². The average Bonchev–Trinajstić information content (AvgIpc) is 2.48. The molecule has 1 fully saturated rings. The van der Waals surface area contributed by atoms with Crippen LogP contribution in [0.5, 0.6) is 0 Å². The van der Waals surface area contributed by atoms with Gasteiger partial charge in [0.1, 0.15) is 0 Å². The lowest BCUT2D eigenvalue weighted by molar-refractivity contribution is -0.149. The summed E-state index contributed by atoms with van der Waals surface area (Å²) in [7, 11) is 0. The van der Waals surface area contributed by atoms with Crippen LogP contribution in [0.25, 0.3) is 0 Å². The van der Waals surface area contributed by atoms with Gasteiger partial charge in [0.25, 0.3) is 0 Å². The van der Waals surface area contributed by atoms with Crippen molar-refractivity contribution in [3.63, 3.8) is 0 Å². The number of carboxylic acid groups (broad SMARTS) is 1. The summed E-state index contributed by atoms with van der Waals surface area (Å²) in [5.74, 6) is -1.85. The van der Waals surface area contributed by atoms with Gasteiger partial charge in [0, 0.05) is 6.04 Å². The Hall–Kier alpha value is -1.84. The highest BCUT2D eigenvalue weighted by atomic mass is 16.4. The van der Waals surface area contributed by atoms with E-state index in [2.05, 4.69) is 5.32 Å². The van der Waals surface area contributed by atoms with Crippen LogP contribution in [-0.2, 0) is 16.0 Å². The summed E-state index contributed by atoms with van der Waals surface area (Å²) in [5, 5.41) is 12.2. The summed E-state index contributed by atoms with van der Waals surface area (Å²) in [6.07, 6.45) is 3.90. The molecule has 1 aliphatic rings. The van der Waals surface area contributed by atoms with Crippen LogP contribution in [0, 0.1) is 11.8 Å². The van der Waals surface area contributed by atoms with Crippen LogP contribution in [0.15, 0.2) is 30.3 Å². The van der Waals surface area contributed by atoms with Crippen molar-refractivity contribution in [2.75, 3.05) is 0 Å². The van der Waals surface area contributed by atoms with E-state index in [0.29, 0.717) is 12.8 Å². The lowest BCUT2D eigenvalue weighted by Crippen LogP contribution is -2.43. The minimum absolute atomic E-state index is 0.0104. The summed E-state index contributed by atoms with van der Waals surface area (Å²) in [4.78, 5) is 23.6. The molecule has 21 heavy (non-hydrogen) atoms. The molecule has 1 unspecified atom stereocenters. The van der Waals surface area contributed by atoms with E-state index in [4.69, 9.17) is 0 Å². The molecule has 4 nitrogen and oxygen atoms in total. The minimum atomic E-state index is -0.842. The highest BCUT2D eigenvalue weighted by Crippen LogP contribution is 2.30. The Kier molecular flexibility index (Phi) is 5.37. The number of nitrogens with one attached hydrogen (secondary N) is 1. The zero-order chi connectivity index (χ0) is 15.2. The van der Waals surface area contributed by atoms with Crippen molar-refractivity contribution in [3.05, 3.63) is 35.9 Å². The van der Waals surface area contributed by atoms with Gasteiger partial charge in [-0.05, 0) is 31.7 Å². The molecule has 2 rings (SSSR count). The van der Waals surface area contributed by atoms with Gasteiger partial charge in [-0.1, -0.05) is 43.2 Å². The van der Waals surface area contributed by atoms with Crippen molar-refractivity contribution >= 4 is 11.9 Å². The summed E-state index contributed by atoms with van der Waals surface area (Å²) in [6.45, 7) is 1.96. The molecule has 0 saturated heterocycles. The van der Waals surface area contributed by atoms with Gasteiger partial charge in [0.15, 0.2) is 0 Å². The van der Waals surface area contributed by atoms with Gasteiger partial charge < -0.3 is 10.4 Å². The van der Waals surface area contributed by atoms with Crippen LogP contribution >= 0.6 is 0 Å². The Labute approximate surface area is 125 Å². The first-order valence-corrected chi connectivity index (χ1v) is 7.65. The molecule has 114 valence electrons. The average molecular weight is 289 g/mol. The molecule has 4 heteroatoms. The lowest BCUT2D eigenvalue weighted by Gasteiger charge is -2.28. The van der Waals surface area contributed by atoms with Gasteiger partial charge in [-0.3, -0.25) is 9.59 Å². The quantitative estimate of drug-likeness (QED) is 0.875. The van der Waals surface area contributed by atoms with Gasteiger partial charge in [-0.25, -0.2) is 0 Å². The Bertz CT molecular complexity index is 486. The number of hydrogen-bond acceptors (Lipinski definition) is 2. The predicted molar refractivity (Wildman–Crippen MR) is 80.8 cm³/mol. The zero-order valence-corrected chi connectivity index (χ0v) is 12.4. The third kappa shape index (κ3) is 4.31. The standard InChI is InChI=1S/C17H23NO3/c1-12(11-13-7-3-2-4-8-13)18-16(19)14-9-5-6-10-15(14)17(20)21/h2-4,7-8,12,14-15H,5-6,9-11H2,1H3,(H,18,19)(H,20,21)/t12?,14-,15+/m1/s1. The molecule has 0 bridgehead atoms. The van der Waals surface area contributed by atoms with Gasteiger partial charge in [0.05, 0.1) is 11.8 Å². The van der Waals surface area contributed by atoms with E-state index in [0.717, 1.165) is 19.3 Å². The minimum Gasteiger partial charge on any atom is -0.481 e. The van der Waals surface area contributed by atoms with Crippen molar-refractivity contribution in [2.24, 2.45) is 11.8 Å². The number of carbonyl (C=O) groups excluding carboxylic acids is 1. The number of rotatable bonds is 5. The number of amides is 1. The van der Waals surface area contributed by atoms with Crippen LogP contribution in [0.2, 0.25) is 0 Å². The van der Waals surface area contributed by atoms with E-state index >= 15 is 0 Å². The van der Waals surface area contributed by atoms with Crippen LogP contribution in [0.4, 0.5) is 0 Å². The Balaban J connectivity index is 1.91. The molecule has 1 aromatic rings. The number of aliphatic carboxylic acids is 1. The van der Waals surface area contributed by atoms with Crippen LogP contribution in [0.1, 0.15) is 38.2 Å². The van der Waals surface area contributed by atoms with Crippen LogP contribution in [-0.4, -0.2) is 23.0 Å². The largest absolute Gasteiger partial charge is 0.481 e. The van der Waals surface area contributed by atoms with Crippen molar-refractivity contribution in [3.8, 4) is 0 Å². The maximum absolute atomic E-state index is 12.3. The van der Waals surface area contributed by atoms with Crippen molar-refractivity contribution in [1.82, 2.24) is 5.32 Å². The summed E-state index contributed by atoms with van der Waals surface area (Å²) in [6, 6.07) is 9.99. The third-order valence-electron chi connectivity index (χ3n) is 4.19. The summed E-state index contributed by atoms with van der Waals surface area (Å²) in [5.41, 5.74) is 1.17. The number of benzene rings is 1. The molecule has 0 heterocycles. The highest BCUT2D eigenvalue weighted by molar-refractivity contribution is 5.85. The van der Waals surface area contributed by atoms with Gasteiger partial charge >= 0.3 is 5.97 Å². The smallest absolute Gasteiger partial charge is 0.307 e. The third-order valence-corrected chi connectivity index (χ3v) is 4.19. The SMILES string of the molecule is CC(Cc1ccccc1)NC(=O)[C@@H]1CCCC[C@@H]1C(=O)O. The molecule has 0 spiro atoms. The van der Waals surface area contributed by atoms with E-state index in [9.17, 15) is 14.7 Å². The van der Waals surface area contributed by atoms with Crippen molar-refractivity contribution in [1.29, 1.82) is 0 Å². The topological polar surface area (TPSA) is 66.4 Å². The maximum Gasteiger partial charge on any atom is 0.307 e. The summed E-state index contributed by atoms with van der Waals surface area (Å²) < 4.78 is 0. The molecule has 1 aliphatic carbocycles. The molecular weight excluding hydrogens is 266 g/mol. The molecule has 3 atom stereocenters. The molecular formula is C17H23NO3. The van der Waals surface area contributed by atoms with Gasteiger partial charge in [0.2, 0.25) is 5.91 Å². The Morgan fingerprint density at radius 3 is 2.43 bits per heavy atom. The van der Waals surface area contributed by atoms with E-state index in [1.807, 2.05) is 37.3 Å². The monoisotopic (exact) mass is 289 g/mol. The van der Waals surface area contributed by atoms with E-state index in [1.165, 1.54) is 5.56 Å². The molecule has 1 saturated carbocycles. The second-order valence-corrected chi connectivity index (χ2v) is 5.94. The second kappa shape index (κ2) is 7.25. The fourth-order valence-electron chi connectivity index (χ4n) is 3.11. The first kappa shape index (κ1) is 15.5. The normalized spacial score (nSPS) is 23.3. The number of hydrogen-bond donors (Lipinski definition) is 2. The lowest BCUT2D eigenvalue weighted by atomic mass is 9.78. The molecule has 0 aliphatic heterocycles. The fraction of sp³-hybridized carbons (Fsp3) is 0.529. The number of carbonyl (C=O) groups is 2. The van der Waals surface area contributed by atoms with Crippen LogP contribution in [0.3, 0.4) is 0 Å². The van der Waals surface area contributed by atoms with E-state index in [1.54, 1.807) is 0 Å².